The first-order valence-corrected chi connectivity index (χ1v) is 7.50. The van der Waals surface area contributed by atoms with Crippen molar-refractivity contribution in [2.24, 2.45) is 0 Å². The monoisotopic (exact) mass is 330 g/mol. The molecule has 0 unspecified atom stereocenters. The Kier molecular flexibility index (Phi) is 7.35. The van der Waals surface area contributed by atoms with Gasteiger partial charge < -0.3 is 10.6 Å². The highest BCUT2D eigenvalue weighted by molar-refractivity contribution is 7.16. The van der Waals surface area contributed by atoms with Crippen molar-refractivity contribution < 1.29 is 4.79 Å². The molecule has 0 saturated heterocycles. The van der Waals surface area contributed by atoms with Crippen LogP contribution in [0.4, 0.5) is 0 Å². The molecular formula is C13H19ClN4O2S. The summed E-state index contributed by atoms with van der Waals surface area (Å²) >= 11 is 1.42. The summed E-state index contributed by atoms with van der Waals surface area (Å²) in [6.07, 6.45) is 2.49. The van der Waals surface area contributed by atoms with Crippen LogP contribution in [0.15, 0.2) is 22.6 Å². The zero-order valence-electron chi connectivity index (χ0n) is 11.8. The van der Waals surface area contributed by atoms with Gasteiger partial charge in [-0.05, 0) is 24.4 Å². The van der Waals surface area contributed by atoms with Crippen molar-refractivity contribution in [1.29, 1.82) is 0 Å². The summed E-state index contributed by atoms with van der Waals surface area (Å²) in [5.41, 5.74) is -0.171. The van der Waals surface area contributed by atoms with Gasteiger partial charge in [-0.3, -0.25) is 14.2 Å². The summed E-state index contributed by atoms with van der Waals surface area (Å²) in [5, 5.41) is 8.35. The SMILES string of the molecule is CCCNCCNC(=O)Cn1cnc2sccc2c1=O.Cl. The van der Waals surface area contributed by atoms with Gasteiger partial charge in [0, 0.05) is 13.1 Å². The van der Waals surface area contributed by atoms with Gasteiger partial charge in [0.15, 0.2) is 0 Å². The molecule has 0 atom stereocenters. The average molecular weight is 331 g/mol. The Morgan fingerprint density at radius 3 is 2.95 bits per heavy atom. The van der Waals surface area contributed by atoms with E-state index in [1.807, 2.05) is 5.38 Å². The topological polar surface area (TPSA) is 76.0 Å². The van der Waals surface area contributed by atoms with Crippen molar-refractivity contribution in [3.63, 3.8) is 0 Å². The minimum Gasteiger partial charge on any atom is -0.353 e. The van der Waals surface area contributed by atoms with Crippen molar-refractivity contribution in [1.82, 2.24) is 20.2 Å². The highest BCUT2D eigenvalue weighted by Gasteiger charge is 2.08. The maximum Gasteiger partial charge on any atom is 0.262 e. The Labute approximate surface area is 133 Å². The van der Waals surface area contributed by atoms with Gasteiger partial charge in [-0.25, -0.2) is 4.98 Å². The van der Waals surface area contributed by atoms with Crippen molar-refractivity contribution >= 4 is 39.9 Å². The number of aromatic nitrogens is 2. The third-order valence-corrected chi connectivity index (χ3v) is 3.64. The Morgan fingerprint density at radius 1 is 1.38 bits per heavy atom. The third kappa shape index (κ3) is 4.80. The van der Waals surface area contributed by atoms with Gasteiger partial charge in [0.1, 0.15) is 11.4 Å². The number of hydrogen-bond donors (Lipinski definition) is 2. The van der Waals surface area contributed by atoms with Crippen molar-refractivity contribution in [3.05, 3.63) is 28.1 Å². The van der Waals surface area contributed by atoms with E-state index in [0.29, 0.717) is 16.8 Å². The summed E-state index contributed by atoms with van der Waals surface area (Å²) in [6, 6.07) is 1.73. The number of carbonyl (C=O) groups is 1. The Hall–Kier alpha value is -1.44. The van der Waals surface area contributed by atoms with Gasteiger partial charge in [0.25, 0.3) is 5.56 Å². The van der Waals surface area contributed by atoms with Crippen LogP contribution in [0.5, 0.6) is 0 Å². The molecule has 2 heterocycles. The van der Waals surface area contributed by atoms with Gasteiger partial charge in [-0.1, -0.05) is 6.92 Å². The molecule has 6 nitrogen and oxygen atoms in total. The Balaban J connectivity index is 0.00000220. The smallest absolute Gasteiger partial charge is 0.262 e. The number of rotatable bonds is 7. The number of carbonyl (C=O) groups excluding carboxylic acids is 1. The maximum atomic E-state index is 12.1. The molecule has 8 heteroatoms. The molecular weight excluding hydrogens is 312 g/mol. The fraction of sp³-hybridized carbons (Fsp3) is 0.462. The van der Waals surface area contributed by atoms with E-state index in [9.17, 15) is 9.59 Å². The number of hydrogen-bond acceptors (Lipinski definition) is 5. The van der Waals surface area contributed by atoms with Gasteiger partial charge in [0.2, 0.25) is 5.91 Å². The van der Waals surface area contributed by atoms with Gasteiger partial charge >= 0.3 is 0 Å². The minimum atomic E-state index is -0.179. The molecule has 0 radical (unpaired) electrons. The van der Waals surface area contributed by atoms with Crippen LogP contribution in [0.1, 0.15) is 13.3 Å². The summed E-state index contributed by atoms with van der Waals surface area (Å²) < 4.78 is 1.34. The van der Waals surface area contributed by atoms with Crippen LogP contribution < -0.4 is 16.2 Å². The standard InChI is InChI=1S/C13H18N4O2S.ClH/c1-2-4-14-5-6-15-11(18)8-17-9-16-12-10(13(17)19)3-7-20-12;/h3,7,9,14H,2,4-6,8H2,1H3,(H,15,18);1H. The van der Waals surface area contributed by atoms with Crippen LogP contribution in [0, 0.1) is 0 Å². The molecule has 0 saturated carbocycles. The summed E-state index contributed by atoms with van der Waals surface area (Å²) in [5.74, 6) is -0.179. The molecule has 21 heavy (non-hydrogen) atoms. The van der Waals surface area contributed by atoms with Crippen LogP contribution >= 0.6 is 23.7 Å². The van der Waals surface area contributed by atoms with Crippen LogP contribution in [0.3, 0.4) is 0 Å². The fourth-order valence-electron chi connectivity index (χ4n) is 1.81. The first kappa shape index (κ1) is 17.6. The van der Waals surface area contributed by atoms with Crippen LogP contribution in [-0.4, -0.2) is 35.1 Å². The van der Waals surface area contributed by atoms with E-state index in [-0.39, 0.29) is 30.4 Å². The largest absolute Gasteiger partial charge is 0.353 e. The molecule has 2 N–H and O–H groups in total. The zero-order chi connectivity index (χ0) is 14.4. The second-order valence-corrected chi connectivity index (χ2v) is 5.31. The Bertz CT molecular complexity index is 640. The molecule has 2 aromatic rings. The molecule has 0 aliphatic rings. The van der Waals surface area contributed by atoms with E-state index in [4.69, 9.17) is 0 Å². The van der Waals surface area contributed by atoms with E-state index >= 15 is 0 Å². The molecule has 1 amide bonds. The molecule has 0 aromatic carbocycles. The summed E-state index contributed by atoms with van der Waals surface area (Å²) in [6.45, 7) is 4.32. The number of nitrogens with one attached hydrogen (secondary N) is 2. The van der Waals surface area contributed by atoms with E-state index in [1.54, 1.807) is 6.07 Å². The lowest BCUT2D eigenvalue weighted by molar-refractivity contribution is -0.121. The summed E-state index contributed by atoms with van der Waals surface area (Å²) in [4.78, 5) is 28.7. The van der Waals surface area contributed by atoms with E-state index in [2.05, 4.69) is 22.5 Å². The van der Waals surface area contributed by atoms with Crippen LogP contribution in [0.25, 0.3) is 10.2 Å². The van der Waals surface area contributed by atoms with Gasteiger partial charge in [0.05, 0.1) is 11.7 Å². The lowest BCUT2D eigenvalue weighted by atomic mass is 10.4. The van der Waals surface area contributed by atoms with Crippen molar-refractivity contribution in [2.75, 3.05) is 19.6 Å². The van der Waals surface area contributed by atoms with Gasteiger partial charge in [-0.2, -0.15) is 0 Å². The second-order valence-electron chi connectivity index (χ2n) is 4.42. The molecule has 0 spiro atoms. The second kappa shape index (κ2) is 8.76. The molecule has 0 aliphatic heterocycles. The first-order chi connectivity index (χ1) is 9.72. The van der Waals surface area contributed by atoms with Crippen molar-refractivity contribution in [3.8, 4) is 0 Å². The van der Waals surface area contributed by atoms with Crippen LogP contribution in [-0.2, 0) is 11.3 Å². The Morgan fingerprint density at radius 2 is 2.19 bits per heavy atom. The van der Waals surface area contributed by atoms with E-state index in [1.165, 1.54) is 22.2 Å². The maximum absolute atomic E-state index is 12.1. The molecule has 2 aromatic heterocycles. The third-order valence-electron chi connectivity index (χ3n) is 2.82. The zero-order valence-corrected chi connectivity index (χ0v) is 13.4. The normalized spacial score (nSPS) is 10.3. The highest BCUT2D eigenvalue weighted by atomic mass is 35.5. The number of halogens is 1. The lowest BCUT2D eigenvalue weighted by Gasteiger charge is -2.07. The molecule has 0 fully saturated rings. The first-order valence-electron chi connectivity index (χ1n) is 6.62. The quantitative estimate of drug-likeness (QED) is 0.742. The number of amides is 1. The average Bonchev–Trinajstić information content (AvgIpc) is 2.91. The van der Waals surface area contributed by atoms with Crippen molar-refractivity contribution in [2.45, 2.75) is 19.9 Å². The number of nitrogens with zero attached hydrogens (tertiary/aromatic N) is 2. The van der Waals surface area contributed by atoms with E-state index < -0.39 is 0 Å². The highest BCUT2D eigenvalue weighted by Crippen LogP contribution is 2.12. The number of fused-ring (bicyclic) bond motifs is 1. The lowest BCUT2D eigenvalue weighted by Crippen LogP contribution is -2.36. The van der Waals surface area contributed by atoms with Gasteiger partial charge in [-0.15, -0.1) is 23.7 Å². The molecule has 0 bridgehead atoms. The van der Waals surface area contributed by atoms with Crippen LogP contribution in [0.2, 0.25) is 0 Å². The fourth-order valence-corrected chi connectivity index (χ4v) is 2.53. The summed E-state index contributed by atoms with van der Waals surface area (Å²) in [7, 11) is 0. The predicted octanol–water partition coefficient (Wildman–Crippen LogP) is 0.996. The molecule has 116 valence electrons. The molecule has 0 aliphatic carbocycles. The van der Waals surface area contributed by atoms with E-state index in [0.717, 1.165) is 19.5 Å². The minimum absolute atomic E-state index is 0. The molecule has 2 rings (SSSR count). The number of thiophene rings is 1. The predicted molar refractivity (Wildman–Crippen MR) is 87.3 cm³/mol.